The van der Waals surface area contributed by atoms with Gasteiger partial charge in [0.15, 0.2) is 0 Å². The zero-order chi connectivity index (χ0) is 26.9. The van der Waals surface area contributed by atoms with E-state index in [0.717, 1.165) is 35.3 Å². The SMILES string of the molecule is Cc1ccc(NC[C@@H](O)Cn2c(C)c(C3CCN(S(=O)(=O)c4ccc(C)cc4)CC3)c3ccccc32)cc1. The number of fused-ring (bicyclic) bond motifs is 1. The lowest BCUT2D eigenvalue weighted by molar-refractivity contribution is 0.167. The Bertz CT molecular complexity index is 1500. The van der Waals surface area contributed by atoms with Crippen LogP contribution in [-0.4, -0.2) is 48.1 Å². The number of aliphatic hydroxyl groups is 1. The average molecular weight is 532 g/mol. The molecule has 1 atom stereocenters. The van der Waals surface area contributed by atoms with Gasteiger partial charge in [-0.1, -0.05) is 53.6 Å². The van der Waals surface area contributed by atoms with Crippen LogP contribution in [0.25, 0.3) is 10.9 Å². The van der Waals surface area contributed by atoms with Crippen LogP contribution in [0.4, 0.5) is 5.69 Å². The van der Waals surface area contributed by atoms with Crippen LogP contribution in [0.15, 0.2) is 77.7 Å². The van der Waals surface area contributed by atoms with E-state index in [4.69, 9.17) is 0 Å². The van der Waals surface area contributed by atoms with Crippen molar-refractivity contribution in [3.63, 3.8) is 0 Å². The molecule has 4 aromatic rings. The van der Waals surface area contributed by atoms with Crippen LogP contribution in [0, 0.1) is 20.8 Å². The maximum atomic E-state index is 13.2. The predicted octanol–water partition coefficient (Wildman–Crippen LogP) is 5.61. The van der Waals surface area contributed by atoms with E-state index in [9.17, 15) is 13.5 Å². The third-order valence-corrected chi connectivity index (χ3v) is 9.70. The molecule has 1 fully saturated rings. The highest BCUT2D eigenvalue weighted by molar-refractivity contribution is 7.89. The molecular formula is C31H37N3O3S. The maximum Gasteiger partial charge on any atom is 0.243 e. The molecule has 5 rings (SSSR count). The molecule has 6 nitrogen and oxygen atoms in total. The van der Waals surface area contributed by atoms with Crippen LogP contribution in [0.5, 0.6) is 0 Å². The maximum absolute atomic E-state index is 13.2. The van der Waals surface area contributed by atoms with Crippen molar-refractivity contribution in [2.45, 2.75) is 57.1 Å². The van der Waals surface area contributed by atoms with Gasteiger partial charge in [-0.2, -0.15) is 4.31 Å². The van der Waals surface area contributed by atoms with Gasteiger partial charge in [-0.15, -0.1) is 0 Å². The Hall–Kier alpha value is -3.13. The number of aliphatic hydroxyl groups excluding tert-OH is 1. The highest BCUT2D eigenvalue weighted by Gasteiger charge is 2.32. The monoisotopic (exact) mass is 531 g/mol. The fourth-order valence-electron chi connectivity index (χ4n) is 5.63. The van der Waals surface area contributed by atoms with Crippen molar-refractivity contribution in [2.24, 2.45) is 0 Å². The number of anilines is 1. The van der Waals surface area contributed by atoms with Crippen LogP contribution in [0.2, 0.25) is 0 Å². The Labute approximate surface area is 226 Å². The van der Waals surface area contributed by atoms with E-state index in [1.54, 1.807) is 16.4 Å². The van der Waals surface area contributed by atoms with Crippen LogP contribution in [0.1, 0.15) is 41.1 Å². The summed E-state index contributed by atoms with van der Waals surface area (Å²) in [4.78, 5) is 0.363. The van der Waals surface area contributed by atoms with Gasteiger partial charge in [0.05, 0.1) is 17.5 Å². The molecule has 7 heteroatoms. The summed E-state index contributed by atoms with van der Waals surface area (Å²) in [6.45, 7) is 8.10. The van der Waals surface area contributed by atoms with Crippen molar-refractivity contribution >= 4 is 26.6 Å². The molecule has 200 valence electrons. The third-order valence-electron chi connectivity index (χ3n) is 7.79. The first-order valence-electron chi connectivity index (χ1n) is 13.4. The van der Waals surface area contributed by atoms with Crippen LogP contribution in [-0.2, 0) is 16.6 Å². The van der Waals surface area contributed by atoms with Gasteiger partial charge >= 0.3 is 0 Å². The molecule has 0 spiro atoms. The number of aromatic nitrogens is 1. The average Bonchev–Trinajstić information content (AvgIpc) is 3.19. The van der Waals surface area contributed by atoms with Crippen molar-refractivity contribution in [3.8, 4) is 0 Å². The highest BCUT2D eigenvalue weighted by atomic mass is 32.2. The molecule has 0 amide bonds. The third kappa shape index (κ3) is 5.37. The first-order valence-corrected chi connectivity index (χ1v) is 14.8. The first kappa shape index (κ1) is 26.5. The summed E-state index contributed by atoms with van der Waals surface area (Å²) >= 11 is 0. The zero-order valence-corrected chi connectivity index (χ0v) is 23.2. The molecule has 0 aliphatic carbocycles. The Balaban J connectivity index is 1.32. The number of nitrogens with zero attached hydrogens (tertiary/aromatic N) is 2. The molecule has 0 radical (unpaired) electrons. The molecule has 2 N–H and O–H groups in total. The molecule has 1 aliphatic heterocycles. The number of piperidine rings is 1. The van der Waals surface area contributed by atoms with E-state index in [1.165, 1.54) is 16.5 Å². The molecule has 0 bridgehead atoms. The van der Waals surface area contributed by atoms with Gasteiger partial charge in [0.2, 0.25) is 10.0 Å². The molecule has 38 heavy (non-hydrogen) atoms. The summed E-state index contributed by atoms with van der Waals surface area (Å²) in [5.41, 5.74) is 6.80. The standard InChI is InChI=1S/C31H37N3O3S/c1-22-8-12-26(13-9-22)32-20-27(35)21-34-24(3)31(29-6-4-5-7-30(29)34)25-16-18-33(19-17-25)38(36,37)28-14-10-23(2)11-15-28/h4-15,25,27,32,35H,16-21H2,1-3H3/t27-/m1/s1. The van der Waals surface area contributed by atoms with Gasteiger partial charge in [-0.05, 0) is 75.4 Å². The van der Waals surface area contributed by atoms with Gasteiger partial charge in [0.1, 0.15) is 0 Å². The van der Waals surface area contributed by atoms with Crippen molar-refractivity contribution in [3.05, 3.63) is 95.2 Å². The van der Waals surface area contributed by atoms with Crippen LogP contribution < -0.4 is 5.32 Å². The first-order chi connectivity index (χ1) is 18.2. The summed E-state index contributed by atoms with van der Waals surface area (Å²) in [7, 11) is -3.49. The van der Waals surface area contributed by atoms with Gasteiger partial charge < -0.3 is 15.0 Å². The minimum atomic E-state index is -3.49. The minimum Gasteiger partial charge on any atom is -0.389 e. The topological polar surface area (TPSA) is 74.6 Å². The second-order valence-corrected chi connectivity index (χ2v) is 12.5. The highest BCUT2D eigenvalue weighted by Crippen LogP contribution is 2.38. The van der Waals surface area contributed by atoms with E-state index < -0.39 is 16.1 Å². The number of nitrogens with one attached hydrogen (secondary N) is 1. The molecule has 2 heterocycles. The summed E-state index contributed by atoms with van der Waals surface area (Å²) in [5, 5.41) is 15.5. The molecule has 0 unspecified atom stereocenters. The van der Waals surface area contributed by atoms with Gasteiger partial charge in [0.25, 0.3) is 0 Å². The summed E-state index contributed by atoms with van der Waals surface area (Å²) < 4.78 is 30.3. The molecule has 1 aromatic heterocycles. The molecule has 0 saturated carbocycles. The Morgan fingerprint density at radius 2 is 1.50 bits per heavy atom. The van der Waals surface area contributed by atoms with Crippen molar-refractivity contribution in [1.82, 2.24) is 8.87 Å². The molecule has 1 aliphatic rings. The normalized spacial score (nSPS) is 16.1. The van der Waals surface area contributed by atoms with Crippen molar-refractivity contribution in [1.29, 1.82) is 0 Å². The van der Waals surface area contributed by atoms with E-state index in [2.05, 4.69) is 54.1 Å². The van der Waals surface area contributed by atoms with Crippen molar-refractivity contribution < 1.29 is 13.5 Å². The quantitative estimate of drug-likeness (QED) is 0.310. The molecule has 1 saturated heterocycles. The summed E-state index contributed by atoms with van der Waals surface area (Å²) in [6.07, 6.45) is 0.995. The lowest BCUT2D eigenvalue weighted by Crippen LogP contribution is -2.38. The van der Waals surface area contributed by atoms with Crippen LogP contribution >= 0.6 is 0 Å². The lowest BCUT2D eigenvalue weighted by Gasteiger charge is -2.31. The smallest absolute Gasteiger partial charge is 0.243 e. The van der Waals surface area contributed by atoms with Gasteiger partial charge in [-0.3, -0.25) is 0 Å². The van der Waals surface area contributed by atoms with E-state index in [-0.39, 0.29) is 5.92 Å². The van der Waals surface area contributed by atoms with E-state index >= 15 is 0 Å². The van der Waals surface area contributed by atoms with E-state index in [0.29, 0.717) is 31.1 Å². The van der Waals surface area contributed by atoms with Gasteiger partial charge in [0, 0.05) is 41.9 Å². The number of sulfonamides is 1. The van der Waals surface area contributed by atoms with E-state index in [1.807, 2.05) is 37.3 Å². The minimum absolute atomic E-state index is 0.272. The number of aryl methyl sites for hydroxylation is 2. The molecular weight excluding hydrogens is 494 g/mol. The van der Waals surface area contributed by atoms with Gasteiger partial charge in [-0.25, -0.2) is 8.42 Å². The second-order valence-electron chi connectivity index (χ2n) is 10.5. The Kier molecular flexibility index (Phi) is 7.61. The zero-order valence-electron chi connectivity index (χ0n) is 22.4. The Morgan fingerprint density at radius 1 is 0.895 bits per heavy atom. The largest absolute Gasteiger partial charge is 0.389 e. The lowest BCUT2D eigenvalue weighted by atomic mass is 9.88. The Morgan fingerprint density at radius 3 is 2.16 bits per heavy atom. The van der Waals surface area contributed by atoms with Crippen LogP contribution in [0.3, 0.4) is 0 Å². The fraction of sp³-hybridized carbons (Fsp3) is 0.355. The number of rotatable bonds is 8. The van der Waals surface area contributed by atoms with Crippen molar-refractivity contribution in [2.75, 3.05) is 25.0 Å². The number of para-hydroxylation sites is 1. The predicted molar refractivity (Wildman–Crippen MR) is 154 cm³/mol. The summed E-state index contributed by atoms with van der Waals surface area (Å²) in [6, 6.07) is 23.6. The molecule has 3 aromatic carbocycles. The fourth-order valence-corrected chi connectivity index (χ4v) is 7.10. The second kappa shape index (κ2) is 10.9. The number of benzene rings is 3. The summed E-state index contributed by atoms with van der Waals surface area (Å²) in [5.74, 6) is 0.272. The number of hydrogen-bond acceptors (Lipinski definition) is 4. The number of hydrogen-bond donors (Lipinski definition) is 2.